The molecule has 2 N–H and O–H groups in total. The summed E-state index contributed by atoms with van der Waals surface area (Å²) >= 11 is 0. The van der Waals surface area contributed by atoms with Crippen molar-refractivity contribution >= 4 is 23.9 Å². The molecule has 0 amide bonds. The van der Waals surface area contributed by atoms with Crippen LogP contribution in [0.5, 0.6) is 0 Å². The molecule has 2 aromatic carbocycles. The van der Waals surface area contributed by atoms with E-state index in [-0.39, 0.29) is 0 Å². The van der Waals surface area contributed by atoms with E-state index in [1.165, 1.54) is 19.3 Å². The lowest BCUT2D eigenvalue weighted by Crippen LogP contribution is -2.36. The number of carbonyl (C=O) groups excluding carboxylic acids is 1. The Bertz CT molecular complexity index is 1040. The summed E-state index contributed by atoms with van der Waals surface area (Å²) in [5.74, 6) is 1.39. The quantitative estimate of drug-likeness (QED) is 0.481. The molecule has 0 radical (unpaired) electrons. The first kappa shape index (κ1) is 19.5. The van der Waals surface area contributed by atoms with Crippen LogP contribution in [0.25, 0.3) is 11.3 Å². The van der Waals surface area contributed by atoms with Crippen molar-refractivity contribution in [3.63, 3.8) is 0 Å². The third-order valence-electron chi connectivity index (χ3n) is 6.35. The fourth-order valence-electron chi connectivity index (χ4n) is 4.15. The molecular weight excluding hydrogens is 388 g/mol. The average Bonchev–Trinajstić information content (AvgIpc) is 2.75. The Morgan fingerprint density at radius 2 is 1.74 bits per heavy atom. The average molecular weight is 415 g/mol. The van der Waals surface area contributed by atoms with Gasteiger partial charge in [-0.05, 0) is 56.2 Å². The molecule has 1 aromatic heterocycles. The molecule has 6 nitrogen and oxygen atoms in total. The molecule has 6 heteroatoms. The molecule has 31 heavy (non-hydrogen) atoms. The number of ether oxygens (including phenoxy) is 1. The number of carbonyl (C=O) groups is 1. The minimum Gasteiger partial charge on any atom is -0.456 e. The second kappa shape index (κ2) is 8.38. The van der Waals surface area contributed by atoms with Crippen molar-refractivity contribution in [2.24, 2.45) is 0 Å². The van der Waals surface area contributed by atoms with Gasteiger partial charge in [-0.3, -0.25) is 4.79 Å². The molecule has 0 spiro atoms. The Morgan fingerprint density at radius 3 is 2.35 bits per heavy atom. The Labute approximate surface area is 182 Å². The zero-order valence-corrected chi connectivity index (χ0v) is 17.4. The normalized spacial score (nSPS) is 17.2. The van der Waals surface area contributed by atoms with Crippen LogP contribution in [0.15, 0.2) is 60.7 Å². The molecule has 0 saturated heterocycles. The zero-order valence-electron chi connectivity index (χ0n) is 17.4. The minimum absolute atomic E-state index is 0.454. The SMILES string of the molecule is O=COC1(c2ccc(Nc3nc(NC4CCC4)cc(-c4ccccc4)n3)cc2)CCC1. The van der Waals surface area contributed by atoms with Gasteiger partial charge in [0.1, 0.15) is 11.4 Å². The van der Waals surface area contributed by atoms with Gasteiger partial charge in [-0.25, -0.2) is 4.98 Å². The molecule has 2 fully saturated rings. The lowest BCUT2D eigenvalue weighted by molar-refractivity contribution is -0.155. The molecule has 2 aliphatic carbocycles. The van der Waals surface area contributed by atoms with Gasteiger partial charge < -0.3 is 15.4 Å². The van der Waals surface area contributed by atoms with Crippen LogP contribution >= 0.6 is 0 Å². The first-order valence-electron chi connectivity index (χ1n) is 10.9. The van der Waals surface area contributed by atoms with E-state index < -0.39 is 5.60 Å². The van der Waals surface area contributed by atoms with Crippen molar-refractivity contribution < 1.29 is 9.53 Å². The lowest BCUT2D eigenvalue weighted by atomic mass is 9.75. The molecule has 2 aliphatic rings. The number of nitrogens with zero attached hydrogens (tertiary/aromatic N) is 2. The minimum atomic E-state index is -0.454. The van der Waals surface area contributed by atoms with E-state index >= 15 is 0 Å². The highest BCUT2D eigenvalue weighted by molar-refractivity contribution is 5.66. The van der Waals surface area contributed by atoms with Gasteiger partial charge in [0.05, 0.1) is 5.69 Å². The van der Waals surface area contributed by atoms with Crippen LogP contribution in [0.1, 0.15) is 44.1 Å². The maximum atomic E-state index is 10.9. The summed E-state index contributed by atoms with van der Waals surface area (Å²) in [6.07, 6.45) is 6.44. The van der Waals surface area contributed by atoms with Crippen LogP contribution in [0.2, 0.25) is 0 Å². The highest BCUT2D eigenvalue weighted by Gasteiger charge is 2.40. The van der Waals surface area contributed by atoms with Crippen LogP contribution in [0.4, 0.5) is 17.5 Å². The molecule has 0 atom stereocenters. The molecule has 0 aliphatic heterocycles. The second-order valence-electron chi connectivity index (χ2n) is 8.36. The summed E-state index contributed by atoms with van der Waals surface area (Å²) in [5.41, 5.74) is 3.40. The monoisotopic (exact) mass is 414 g/mol. The Balaban J connectivity index is 1.40. The highest BCUT2D eigenvalue weighted by Crippen LogP contribution is 2.44. The van der Waals surface area contributed by atoms with Crippen molar-refractivity contribution in [2.75, 3.05) is 10.6 Å². The third-order valence-corrected chi connectivity index (χ3v) is 6.35. The van der Waals surface area contributed by atoms with E-state index in [2.05, 4.69) is 22.8 Å². The number of rotatable bonds is 8. The van der Waals surface area contributed by atoms with E-state index in [1.807, 2.05) is 48.5 Å². The number of benzene rings is 2. The predicted octanol–water partition coefficient (Wildman–Crippen LogP) is 5.40. The molecule has 3 aromatic rings. The van der Waals surface area contributed by atoms with Gasteiger partial charge in [0.15, 0.2) is 0 Å². The van der Waals surface area contributed by atoms with E-state index in [0.717, 1.165) is 47.6 Å². The molecule has 0 unspecified atom stereocenters. The fraction of sp³-hybridized carbons (Fsp3) is 0.320. The molecule has 5 rings (SSSR count). The second-order valence-corrected chi connectivity index (χ2v) is 8.36. The zero-order chi connectivity index (χ0) is 21.1. The van der Waals surface area contributed by atoms with Gasteiger partial charge in [-0.2, -0.15) is 4.98 Å². The molecule has 2 saturated carbocycles. The fourth-order valence-corrected chi connectivity index (χ4v) is 4.15. The first-order chi connectivity index (χ1) is 15.2. The Hall–Kier alpha value is -3.41. The van der Waals surface area contributed by atoms with Gasteiger partial charge in [0.25, 0.3) is 6.47 Å². The predicted molar refractivity (Wildman–Crippen MR) is 121 cm³/mol. The van der Waals surface area contributed by atoms with Gasteiger partial charge in [0, 0.05) is 23.4 Å². The third kappa shape index (κ3) is 4.10. The van der Waals surface area contributed by atoms with Crippen LogP contribution in [0, 0.1) is 0 Å². The number of nitrogens with one attached hydrogen (secondary N) is 2. The maximum Gasteiger partial charge on any atom is 0.293 e. The summed E-state index contributed by atoms with van der Waals surface area (Å²) < 4.78 is 5.41. The number of hydrogen-bond acceptors (Lipinski definition) is 6. The summed E-state index contributed by atoms with van der Waals surface area (Å²) in [6.45, 7) is 0.560. The van der Waals surface area contributed by atoms with Crippen LogP contribution in [-0.2, 0) is 15.1 Å². The number of hydrogen-bond donors (Lipinski definition) is 2. The lowest BCUT2D eigenvalue weighted by Gasteiger charge is -2.40. The Kier molecular flexibility index (Phi) is 5.28. The van der Waals surface area contributed by atoms with Crippen molar-refractivity contribution in [3.05, 3.63) is 66.2 Å². The first-order valence-corrected chi connectivity index (χ1v) is 10.9. The Morgan fingerprint density at radius 1 is 0.968 bits per heavy atom. The van der Waals surface area contributed by atoms with Crippen molar-refractivity contribution in [1.82, 2.24) is 9.97 Å². The molecule has 1 heterocycles. The standard InChI is InChI=1S/C25H26N4O2/c30-17-31-25(14-5-15-25)19-10-12-21(13-11-19)27-24-28-22(18-6-2-1-3-7-18)16-23(29-24)26-20-8-4-9-20/h1-3,6-7,10-13,16-17,20H,4-5,8-9,14-15H2,(H2,26,27,28,29). The number of anilines is 3. The van der Waals surface area contributed by atoms with Crippen LogP contribution < -0.4 is 10.6 Å². The van der Waals surface area contributed by atoms with Gasteiger partial charge >= 0.3 is 0 Å². The van der Waals surface area contributed by atoms with Gasteiger partial charge in [-0.15, -0.1) is 0 Å². The highest BCUT2D eigenvalue weighted by atomic mass is 16.5. The summed E-state index contributed by atoms with van der Waals surface area (Å²) in [7, 11) is 0. The van der Waals surface area contributed by atoms with E-state index in [4.69, 9.17) is 14.7 Å². The van der Waals surface area contributed by atoms with E-state index in [9.17, 15) is 4.79 Å². The van der Waals surface area contributed by atoms with Gasteiger partial charge in [0.2, 0.25) is 5.95 Å². The maximum absolute atomic E-state index is 10.9. The van der Waals surface area contributed by atoms with Crippen molar-refractivity contribution in [1.29, 1.82) is 0 Å². The molecule has 158 valence electrons. The van der Waals surface area contributed by atoms with Gasteiger partial charge in [-0.1, -0.05) is 42.5 Å². The van der Waals surface area contributed by atoms with Crippen LogP contribution in [0.3, 0.4) is 0 Å². The van der Waals surface area contributed by atoms with Crippen molar-refractivity contribution in [2.45, 2.75) is 50.2 Å². The molecule has 0 bridgehead atoms. The summed E-state index contributed by atoms with van der Waals surface area (Å²) in [4.78, 5) is 20.4. The number of aromatic nitrogens is 2. The van der Waals surface area contributed by atoms with E-state index in [1.54, 1.807) is 0 Å². The smallest absolute Gasteiger partial charge is 0.293 e. The van der Waals surface area contributed by atoms with Crippen molar-refractivity contribution in [3.8, 4) is 11.3 Å². The molecular formula is C25H26N4O2. The topological polar surface area (TPSA) is 76.1 Å². The van der Waals surface area contributed by atoms with Crippen LogP contribution in [-0.4, -0.2) is 22.5 Å². The summed E-state index contributed by atoms with van der Waals surface area (Å²) in [6, 6.07) is 20.6. The largest absolute Gasteiger partial charge is 0.456 e. The van der Waals surface area contributed by atoms with E-state index in [0.29, 0.717) is 18.5 Å². The summed E-state index contributed by atoms with van der Waals surface area (Å²) in [5, 5.41) is 6.87.